The second-order valence-electron chi connectivity index (χ2n) is 7.76. The first-order valence-electron chi connectivity index (χ1n) is 10.1. The van der Waals surface area contributed by atoms with Crippen LogP contribution in [0.1, 0.15) is 87.9 Å². The summed E-state index contributed by atoms with van der Waals surface area (Å²) in [5.74, 6) is -5.30. The van der Waals surface area contributed by atoms with Crippen molar-refractivity contribution in [3.05, 3.63) is 35.4 Å². The fourth-order valence-corrected chi connectivity index (χ4v) is 2.10. The Morgan fingerprint density at radius 2 is 1.07 bits per heavy atom. The summed E-state index contributed by atoms with van der Waals surface area (Å²) < 4.78 is 0. The van der Waals surface area contributed by atoms with Crippen LogP contribution in [0.25, 0.3) is 0 Å². The molecule has 0 aromatic heterocycles. The first-order chi connectivity index (χ1) is 13.6. The lowest BCUT2D eigenvalue weighted by Crippen LogP contribution is -2.33. The smallest absolute Gasteiger partial charge is 0.335 e. The highest BCUT2D eigenvalue weighted by Crippen LogP contribution is 2.19. The summed E-state index contributed by atoms with van der Waals surface area (Å²) in [7, 11) is 0. The normalized spacial score (nSPS) is 11.3. The third kappa shape index (κ3) is 12.5. The molecule has 0 fully saturated rings. The van der Waals surface area contributed by atoms with Crippen LogP contribution < -0.4 is 0 Å². The lowest BCUT2D eigenvalue weighted by atomic mass is 9.99. The van der Waals surface area contributed by atoms with Gasteiger partial charge in [-0.1, -0.05) is 60.5 Å². The Kier molecular flexibility index (Phi) is 14.2. The van der Waals surface area contributed by atoms with Crippen molar-refractivity contribution in [3.8, 4) is 0 Å². The van der Waals surface area contributed by atoms with Crippen LogP contribution in [0.2, 0.25) is 0 Å². The van der Waals surface area contributed by atoms with Gasteiger partial charge in [0.1, 0.15) is 0 Å². The summed E-state index contributed by atoms with van der Waals surface area (Å²) in [6, 6.07) is 5.20. The maximum Gasteiger partial charge on any atom is 0.335 e. The van der Waals surface area contributed by atoms with Crippen molar-refractivity contribution in [1.29, 1.82) is 0 Å². The molecule has 30 heavy (non-hydrogen) atoms. The van der Waals surface area contributed by atoms with Gasteiger partial charge in [0, 0.05) is 24.7 Å². The van der Waals surface area contributed by atoms with E-state index in [9.17, 15) is 9.59 Å². The van der Waals surface area contributed by atoms with Gasteiger partial charge < -0.3 is 30.6 Å². The number of hydrogen-bond donors (Lipinski definition) is 6. The second kappa shape index (κ2) is 14.1. The van der Waals surface area contributed by atoms with Crippen LogP contribution in [0.3, 0.4) is 0 Å². The Labute approximate surface area is 178 Å². The maximum absolute atomic E-state index is 10.4. The molecule has 1 rings (SSSR count). The van der Waals surface area contributed by atoms with Gasteiger partial charge in [0.15, 0.2) is 11.6 Å². The van der Waals surface area contributed by atoms with Crippen LogP contribution in [0.4, 0.5) is 0 Å². The molecule has 0 spiro atoms. The molecule has 0 heterocycles. The van der Waals surface area contributed by atoms with Gasteiger partial charge in [0.2, 0.25) is 0 Å². The van der Waals surface area contributed by atoms with Crippen molar-refractivity contribution in [1.82, 2.24) is 0 Å². The number of carbonyl (C=O) groups is 2. The topological polar surface area (TPSA) is 156 Å². The Hall–Kier alpha value is -2.00. The molecule has 0 aliphatic heterocycles. The van der Waals surface area contributed by atoms with E-state index in [1.165, 1.54) is 18.2 Å². The highest BCUT2D eigenvalue weighted by molar-refractivity contribution is 5.93. The summed E-state index contributed by atoms with van der Waals surface area (Å²) in [5, 5.41) is 53.6. The molecule has 0 aliphatic carbocycles. The van der Waals surface area contributed by atoms with Crippen molar-refractivity contribution in [2.45, 2.75) is 78.8 Å². The SMILES string of the molecule is CCCC(O)(O)C(C)C.CCCC(O)(O)C(C)C.O=C(O)c1cccc(C(=O)O)c1. The molecule has 0 unspecified atom stereocenters. The molecule has 6 N–H and O–H groups in total. The van der Waals surface area contributed by atoms with Gasteiger partial charge in [-0.15, -0.1) is 0 Å². The molecule has 8 heteroatoms. The van der Waals surface area contributed by atoms with Gasteiger partial charge in [-0.3, -0.25) is 0 Å². The molecule has 0 atom stereocenters. The van der Waals surface area contributed by atoms with Crippen LogP contribution in [0.15, 0.2) is 24.3 Å². The van der Waals surface area contributed by atoms with E-state index in [0.29, 0.717) is 12.8 Å². The summed E-state index contributed by atoms with van der Waals surface area (Å²) in [6.07, 6.45) is 2.55. The van der Waals surface area contributed by atoms with E-state index in [1.54, 1.807) is 27.7 Å². The second-order valence-corrected chi connectivity index (χ2v) is 7.76. The molecule has 0 amide bonds. The summed E-state index contributed by atoms with van der Waals surface area (Å²) in [5.41, 5.74) is -0.0372. The van der Waals surface area contributed by atoms with E-state index in [4.69, 9.17) is 30.6 Å². The molecular weight excluding hydrogens is 392 g/mol. The molecular formula is C22H38O8. The number of benzene rings is 1. The van der Waals surface area contributed by atoms with Gasteiger partial charge in [-0.25, -0.2) is 9.59 Å². The van der Waals surface area contributed by atoms with Crippen LogP contribution in [0, 0.1) is 11.8 Å². The zero-order valence-electron chi connectivity index (χ0n) is 18.8. The van der Waals surface area contributed by atoms with Crippen molar-refractivity contribution < 1.29 is 40.2 Å². The minimum absolute atomic E-state index is 0.0186. The van der Waals surface area contributed by atoms with Gasteiger partial charge in [0.25, 0.3) is 0 Å². The van der Waals surface area contributed by atoms with Crippen LogP contribution in [-0.2, 0) is 0 Å². The van der Waals surface area contributed by atoms with Crippen molar-refractivity contribution in [2.75, 3.05) is 0 Å². The highest BCUT2D eigenvalue weighted by Gasteiger charge is 2.26. The lowest BCUT2D eigenvalue weighted by Gasteiger charge is -2.24. The standard InChI is InChI=1S/C8H6O4.2C7H16O2/c9-7(10)5-2-1-3-6(4-5)8(11)12;2*1-4-5-7(8,9)6(2)3/h1-4H,(H,9,10)(H,11,12);2*6,8-9H,4-5H2,1-3H3. The fourth-order valence-electron chi connectivity index (χ4n) is 2.10. The lowest BCUT2D eigenvalue weighted by molar-refractivity contribution is -0.196. The van der Waals surface area contributed by atoms with Crippen LogP contribution >= 0.6 is 0 Å². The number of carboxylic acid groups (broad SMARTS) is 2. The fraction of sp³-hybridized carbons (Fsp3) is 0.636. The van der Waals surface area contributed by atoms with E-state index >= 15 is 0 Å². The van der Waals surface area contributed by atoms with Crippen molar-refractivity contribution in [3.63, 3.8) is 0 Å². The molecule has 0 aliphatic rings. The number of carboxylic acids is 2. The summed E-state index contributed by atoms with van der Waals surface area (Å²) >= 11 is 0. The molecule has 1 aromatic rings. The maximum atomic E-state index is 10.4. The van der Waals surface area contributed by atoms with Crippen LogP contribution in [0.5, 0.6) is 0 Å². The number of aliphatic hydroxyl groups is 4. The Morgan fingerprint density at radius 1 is 0.767 bits per heavy atom. The monoisotopic (exact) mass is 430 g/mol. The largest absolute Gasteiger partial charge is 0.478 e. The molecule has 0 saturated carbocycles. The number of aromatic carboxylic acids is 2. The predicted molar refractivity (Wildman–Crippen MR) is 114 cm³/mol. The zero-order chi connectivity index (χ0) is 24.1. The summed E-state index contributed by atoms with van der Waals surface area (Å²) in [4.78, 5) is 20.8. The Bertz CT molecular complexity index is 585. The van der Waals surface area contributed by atoms with E-state index in [-0.39, 0.29) is 23.0 Å². The Balaban J connectivity index is 0. The molecule has 0 radical (unpaired) electrons. The van der Waals surface area contributed by atoms with Crippen LogP contribution in [-0.4, -0.2) is 54.2 Å². The highest BCUT2D eigenvalue weighted by atomic mass is 16.5. The Morgan fingerprint density at radius 3 is 1.23 bits per heavy atom. The third-order valence-corrected chi connectivity index (χ3v) is 4.44. The van der Waals surface area contributed by atoms with Gasteiger partial charge in [-0.2, -0.15) is 0 Å². The van der Waals surface area contributed by atoms with E-state index in [0.717, 1.165) is 18.9 Å². The third-order valence-electron chi connectivity index (χ3n) is 4.44. The molecule has 1 aromatic carbocycles. The molecule has 0 saturated heterocycles. The first kappa shape index (κ1) is 30.2. The van der Waals surface area contributed by atoms with E-state index in [1.807, 2.05) is 13.8 Å². The predicted octanol–water partition coefficient (Wildman–Crippen LogP) is 3.33. The van der Waals surface area contributed by atoms with Gasteiger partial charge in [0.05, 0.1) is 11.1 Å². The zero-order valence-corrected chi connectivity index (χ0v) is 18.8. The van der Waals surface area contributed by atoms with Gasteiger partial charge in [-0.05, 0) is 18.2 Å². The summed E-state index contributed by atoms with van der Waals surface area (Å²) in [6.45, 7) is 11.1. The number of rotatable bonds is 8. The molecule has 174 valence electrons. The molecule has 0 bridgehead atoms. The molecule has 8 nitrogen and oxygen atoms in total. The minimum atomic E-state index is -1.45. The van der Waals surface area contributed by atoms with E-state index < -0.39 is 23.5 Å². The minimum Gasteiger partial charge on any atom is -0.478 e. The average Bonchev–Trinajstić information content (AvgIpc) is 2.62. The van der Waals surface area contributed by atoms with E-state index in [2.05, 4.69) is 0 Å². The van der Waals surface area contributed by atoms with Crippen molar-refractivity contribution >= 4 is 11.9 Å². The van der Waals surface area contributed by atoms with Crippen molar-refractivity contribution in [2.24, 2.45) is 11.8 Å². The average molecular weight is 431 g/mol. The first-order valence-corrected chi connectivity index (χ1v) is 10.1. The van der Waals surface area contributed by atoms with Gasteiger partial charge >= 0.3 is 11.9 Å². The quantitative estimate of drug-likeness (QED) is 0.343. The number of hydrogen-bond acceptors (Lipinski definition) is 6.